The Morgan fingerprint density at radius 1 is 1.44 bits per heavy atom. The molecule has 0 amide bonds. The zero-order chi connectivity index (χ0) is 13.3. The molecule has 1 fully saturated rings. The van der Waals surface area contributed by atoms with E-state index in [1.807, 2.05) is 6.92 Å². The maximum atomic E-state index is 10.6. The Bertz CT molecular complexity index is 454. The van der Waals surface area contributed by atoms with E-state index in [4.69, 9.17) is 4.74 Å². The first-order chi connectivity index (χ1) is 8.47. The van der Waals surface area contributed by atoms with E-state index >= 15 is 0 Å². The van der Waals surface area contributed by atoms with Gasteiger partial charge in [0.25, 0.3) is 5.69 Å². The van der Waals surface area contributed by atoms with E-state index in [0.717, 1.165) is 24.4 Å². The number of hydrogen-bond acceptors (Lipinski definition) is 4. The van der Waals surface area contributed by atoms with Gasteiger partial charge in [-0.3, -0.25) is 15.0 Å². The number of rotatable bonds is 4. The lowest BCUT2D eigenvalue weighted by atomic mass is 10.1. The van der Waals surface area contributed by atoms with Crippen molar-refractivity contribution in [3.8, 4) is 5.75 Å². The summed E-state index contributed by atoms with van der Waals surface area (Å²) in [4.78, 5) is 12.6. The highest BCUT2D eigenvalue weighted by Crippen LogP contribution is 2.26. The second kappa shape index (κ2) is 4.94. The Morgan fingerprint density at radius 2 is 2.11 bits per heavy atom. The quantitative estimate of drug-likeness (QED) is 0.608. The molecule has 1 saturated heterocycles. The maximum Gasteiger partial charge on any atom is 0.269 e. The summed E-state index contributed by atoms with van der Waals surface area (Å²) in [7, 11) is 0. The van der Waals surface area contributed by atoms with Crippen molar-refractivity contribution in [3.05, 3.63) is 33.9 Å². The number of nitrogens with zero attached hydrogens (tertiary/aromatic N) is 2. The minimum atomic E-state index is -0.388. The van der Waals surface area contributed by atoms with Gasteiger partial charge in [-0.25, -0.2) is 0 Å². The van der Waals surface area contributed by atoms with Crippen molar-refractivity contribution in [1.29, 1.82) is 0 Å². The van der Waals surface area contributed by atoms with Crippen LogP contribution in [0.5, 0.6) is 5.75 Å². The molecular formula is C13H18N2O3. The van der Waals surface area contributed by atoms with Gasteiger partial charge in [0.2, 0.25) is 0 Å². The van der Waals surface area contributed by atoms with Gasteiger partial charge in [0.05, 0.1) is 4.92 Å². The SMILES string of the molecule is Cc1cc([N+](=O)[O-])ccc1OC1CN(C(C)C)C1. The maximum absolute atomic E-state index is 10.6. The summed E-state index contributed by atoms with van der Waals surface area (Å²) in [5, 5.41) is 10.6. The summed E-state index contributed by atoms with van der Waals surface area (Å²) in [6.07, 6.45) is 0.201. The van der Waals surface area contributed by atoms with Crippen LogP contribution in [0.25, 0.3) is 0 Å². The number of ether oxygens (including phenoxy) is 1. The molecule has 1 aromatic rings. The predicted molar refractivity (Wildman–Crippen MR) is 69.0 cm³/mol. The van der Waals surface area contributed by atoms with Gasteiger partial charge in [0.15, 0.2) is 0 Å². The zero-order valence-electron chi connectivity index (χ0n) is 10.9. The minimum absolute atomic E-state index is 0.109. The number of aryl methyl sites for hydroxylation is 1. The predicted octanol–water partition coefficient (Wildman–Crippen LogP) is 2.37. The van der Waals surface area contributed by atoms with E-state index < -0.39 is 0 Å². The van der Waals surface area contributed by atoms with Crippen molar-refractivity contribution in [2.24, 2.45) is 0 Å². The fourth-order valence-electron chi connectivity index (χ4n) is 2.02. The van der Waals surface area contributed by atoms with E-state index in [9.17, 15) is 10.1 Å². The normalized spacial score (nSPS) is 16.7. The van der Waals surface area contributed by atoms with Gasteiger partial charge in [-0.05, 0) is 32.4 Å². The minimum Gasteiger partial charge on any atom is -0.487 e. The third kappa shape index (κ3) is 2.61. The van der Waals surface area contributed by atoms with Crippen LogP contribution in [0.15, 0.2) is 18.2 Å². The van der Waals surface area contributed by atoms with Crippen LogP contribution in [-0.2, 0) is 0 Å². The first-order valence-electron chi connectivity index (χ1n) is 6.13. The van der Waals surface area contributed by atoms with Crippen LogP contribution in [-0.4, -0.2) is 35.1 Å². The summed E-state index contributed by atoms with van der Waals surface area (Å²) in [6, 6.07) is 5.27. The Morgan fingerprint density at radius 3 is 2.61 bits per heavy atom. The molecule has 0 aromatic heterocycles. The summed E-state index contributed by atoms with van der Waals surface area (Å²) in [6.45, 7) is 8.00. The van der Waals surface area contributed by atoms with Gasteiger partial charge in [0, 0.05) is 31.3 Å². The van der Waals surface area contributed by atoms with E-state index in [1.165, 1.54) is 6.07 Å². The Balaban J connectivity index is 1.97. The van der Waals surface area contributed by atoms with Crippen molar-refractivity contribution in [1.82, 2.24) is 4.90 Å². The monoisotopic (exact) mass is 250 g/mol. The van der Waals surface area contributed by atoms with Crippen LogP contribution in [0, 0.1) is 17.0 Å². The van der Waals surface area contributed by atoms with Gasteiger partial charge < -0.3 is 4.74 Å². The van der Waals surface area contributed by atoms with Gasteiger partial charge in [-0.1, -0.05) is 0 Å². The highest BCUT2D eigenvalue weighted by atomic mass is 16.6. The molecule has 1 aliphatic rings. The summed E-state index contributed by atoms with van der Waals surface area (Å²) in [5.41, 5.74) is 0.921. The molecule has 5 nitrogen and oxygen atoms in total. The third-order valence-electron chi connectivity index (χ3n) is 3.27. The lowest BCUT2D eigenvalue weighted by Gasteiger charge is -2.41. The van der Waals surface area contributed by atoms with Crippen molar-refractivity contribution < 1.29 is 9.66 Å². The highest BCUT2D eigenvalue weighted by Gasteiger charge is 2.30. The fraction of sp³-hybridized carbons (Fsp3) is 0.538. The van der Waals surface area contributed by atoms with E-state index in [-0.39, 0.29) is 16.7 Å². The van der Waals surface area contributed by atoms with Crippen LogP contribution in [0.3, 0.4) is 0 Å². The molecular weight excluding hydrogens is 232 g/mol. The molecule has 1 heterocycles. The molecule has 98 valence electrons. The number of hydrogen-bond donors (Lipinski definition) is 0. The Kier molecular flexibility index (Phi) is 3.52. The molecule has 0 N–H and O–H groups in total. The molecule has 1 aromatic carbocycles. The first-order valence-corrected chi connectivity index (χ1v) is 6.13. The van der Waals surface area contributed by atoms with Crippen molar-refractivity contribution in [2.75, 3.05) is 13.1 Å². The second-order valence-corrected chi connectivity index (χ2v) is 4.99. The van der Waals surface area contributed by atoms with E-state index in [1.54, 1.807) is 12.1 Å². The standard InChI is InChI=1S/C13H18N2O3/c1-9(2)14-7-12(8-14)18-13-5-4-11(15(16)17)6-10(13)3/h4-6,9,12H,7-8H2,1-3H3. The van der Waals surface area contributed by atoms with Crippen LogP contribution in [0.4, 0.5) is 5.69 Å². The zero-order valence-corrected chi connectivity index (χ0v) is 10.9. The number of non-ortho nitro benzene ring substituents is 1. The fourth-order valence-corrected chi connectivity index (χ4v) is 2.02. The largest absolute Gasteiger partial charge is 0.487 e. The lowest BCUT2D eigenvalue weighted by molar-refractivity contribution is -0.384. The molecule has 0 atom stereocenters. The van der Waals surface area contributed by atoms with Gasteiger partial charge in [0.1, 0.15) is 11.9 Å². The molecule has 0 bridgehead atoms. The molecule has 18 heavy (non-hydrogen) atoms. The molecule has 0 radical (unpaired) electrons. The number of nitro groups is 1. The number of benzene rings is 1. The topological polar surface area (TPSA) is 55.6 Å². The van der Waals surface area contributed by atoms with E-state index in [0.29, 0.717) is 6.04 Å². The average Bonchev–Trinajstić information content (AvgIpc) is 2.23. The van der Waals surface area contributed by atoms with Crippen molar-refractivity contribution in [3.63, 3.8) is 0 Å². The third-order valence-corrected chi connectivity index (χ3v) is 3.27. The van der Waals surface area contributed by atoms with Crippen LogP contribution < -0.4 is 4.74 Å². The van der Waals surface area contributed by atoms with Gasteiger partial charge >= 0.3 is 0 Å². The van der Waals surface area contributed by atoms with E-state index in [2.05, 4.69) is 18.7 Å². The Hall–Kier alpha value is -1.62. The lowest BCUT2D eigenvalue weighted by Crippen LogP contribution is -2.56. The van der Waals surface area contributed by atoms with Crippen LogP contribution in [0.2, 0.25) is 0 Å². The summed E-state index contributed by atoms with van der Waals surface area (Å²) < 4.78 is 5.83. The first kappa shape index (κ1) is 12.8. The van der Waals surface area contributed by atoms with Crippen LogP contribution >= 0.6 is 0 Å². The van der Waals surface area contributed by atoms with Crippen molar-refractivity contribution >= 4 is 5.69 Å². The van der Waals surface area contributed by atoms with Gasteiger partial charge in [-0.15, -0.1) is 0 Å². The summed E-state index contributed by atoms with van der Waals surface area (Å²) >= 11 is 0. The smallest absolute Gasteiger partial charge is 0.269 e. The number of likely N-dealkylation sites (tertiary alicyclic amines) is 1. The molecule has 5 heteroatoms. The molecule has 1 aliphatic heterocycles. The van der Waals surface area contributed by atoms with Gasteiger partial charge in [-0.2, -0.15) is 0 Å². The molecule has 0 aliphatic carbocycles. The highest BCUT2D eigenvalue weighted by molar-refractivity contribution is 5.43. The second-order valence-electron chi connectivity index (χ2n) is 4.99. The molecule has 0 unspecified atom stereocenters. The van der Waals surface area contributed by atoms with Crippen molar-refractivity contribution in [2.45, 2.75) is 32.9 Å². The molecule has 2 rings (SSSR count). The van der Waals surface area contributed by atoms with Crippen LogP contribution in [0.1, 0.15) is 19.4 Å². The molecule has 0 spiro atoms. The average molecular weight is 250 g/mol. The Labute approximate surface area is 107 Å². The number of nitro benzene ring substituents is 1. The molecule has 0 saturated carbocycles. The summed E-state index contributed by atoms with van der Waals surface area (Å²) in [5.74, 6) is 0.744.